The van der Waals surface area contributed by atoms with Gasteiger partial charge >= 0.3 is 0 Å². The van der Waals surface area contributed by atoms with E-state index in [4.69, 9.17) is 4.74 Å². The molecule has 0 aromatic rings. The van der Waals surface area contributed by atoms with Crippen LogP contribution in [0.5, 0.6) is 0 Å². The summed E-state index contributed by atoms with van der Waals surface area (Å²) in [5.41, 5.74) is 2.84. The van der Waals surface area contributed by atoms with E-state index in [2.05, 4.69) is 47.6 Å². The van der Waals surface area contributed by atoms with E-state index in [0.717, 1.165) is 12.8 Å². The first-order valence-electron chi connectivity index (χ1n) is 16.8. The number of rotatable bonds is 6. The van der Waals surface area contributed by atoms with Crippen molar-refractivity contribution in [3.05, 3.63) is 11.6 Å². The summed E-state index contributed by atoms with van der Waals surface area (Å²) < 4.78 is 5.74. The molecule has 4 saturated carbocycles. The first-order valence-corrected chi connectivity index (χ1v) is 16.8. The van der Waals surface area contributed by atoms with Gasteiger partial charge in [-0.3, -0.25) is 0 Å². The Labute approximate surface area is 243 Å². The number of aliphatic hydroxyl groups excluding tert-OH is 4. The van der Waals surface area contributed by atoms with Crippen molar-refractivity contribution < 1.29 is 25.2 Å². The highest BCUT2D eigenvalue weighted by molar-refractivity contribution is 5.29. The predicted molar refractivity (Wildman–Crippen MR) is 157 cm³/mol. The Morgan fingerprint density at radius 1 is 0.925 bits per heavy atom. The maximum absolute atomic E-state index is 11.6. The molecule has 0 aromatic carbocycles. The molecule has 0 spiro atoms. The van der Waals surface area contributed by atoms with Crippen molar-refractivity contribution in [1.82, 2.24) is 0 Å². The average Bonchev–Trinajstić information content (AvgIpc) is 3.71. The van der Waals surface area contributed by atoms with Crippen LogP contribution in [-0.2, 0) is 4.74 Å². The first-order chi connectivity index (χ1) is 18.8. The van der Waals surface area contributed by atoms with Gasteiger partial charge in [0, 0.05) is 5.92 Å². The molecule has 0 bridgehead atoms. The Morgan fingerprint density at radius 2 is 1.65 bits per heavy atom. The zero-order chi connectivity index (χ0) is 28.8. The molecule has 4 N–H and O–H groups in total. The zero-order valence-corrected chi connectivity index (χ0v) is 26.1. The van der Waals surface area contributed by atoms with Gasteiger partial charge in [0.25, 0.3) is 0 Å². The van der Waals surface area contributed by atoms with Gasteiger partial charge in [-0.2, -0.15) is 0 Å². The highest BCUT2D eigenvalue weighted by atomic mass is 16.6. The van der Waals surface area contributed by atoms with Gasteiger partial charge in [-0.1, -0.05) is 53.2 Å². The minimum Gasteiger partial charge on any atom is -0.394 e. The van der Waals surface area contributed by atoms with Crippen LogP contribution in [0.4, 0.5) is 0 Å². The summed E-state index contributed by atoms with van der Waals surface area (Å²) in [6.45, 7) is 14.2. The quantitative estimate of drug-likeness (QED) is 0.241. The number of ether oxygens (including phenoxy) is 1. The maximum Gasteiger partial charge on any atom is 0.113 e. The molecule has 1 heterocycles. The molecule has 40 heavy (non-hydrogen) atoms. The third kappa shape index (κ3) is 4.50. The molecule has 5 nitrogen and oxygen atoms in total. The lowest BCUT2D eigenvalue weighted by Gasteiger charge is -2.67. The van der Waals surface area contributed by atoms with Gasteiger partial charge in [-0.15, -0.1) is 0 Å². The fraction of sp³-hybridized carbons (Fsp3) is 0.943. The Morgan fingerprint density at radius 3 is 2.38 bits per heavy atom. The number of aliphatic hydroxyl groups is 4. The lowest BCUT2D eigenvalue weighted by molar-refractivity contribution is -0.158. The lowest BCUT2D eigenvalue weighted by Crippen LogP contribution is -2.59. The Hall–Kier alpha value is -0.460. The van der Waals surface area contributed by atoms with Crippen LogP contribution < -0.4 is 0 Å². The molecule has 14 unspecified atom stereocenters. The molecule has 14 atom stereocenters. The van der Waals surface area contributed by atoms with Crippen LogP contribution in [-0.4, -0.2) is 57.6 Å². The topological polar surface area (TPSA) is 93.5 Å². The molecule has 0 aromatic heterocycles. The standard InChI is InChI=1S/C35H58O5/c1-20-23-9-12-34(6)24-10-14-35(18-27(38)21(2)30-31(40-30)28(39)19-36)16-15-32(3,4)17-25(35)22(24)7-8-29(34)33(23,5)13-11-26(20)37/h7,20-21,23-31,36-39H,8-19H2,1-6H3. The second-order valence-electron chi connectivity index (χ2n) is 16.9. The fourth-order valence-electron chi connectivity index (χ4n) is 11.8. The third-order valence-corrected chi connectivity index (χ3v) is 14.4. The van der Waals surface area contributed by atoms with Crippen LogP contribution in [0.2, 0.25) is 0 Å². The van der Waals surface area contributed by atoms with Gasteiger partial charge in [0.1, 0.15) is 12.2 Å². The molecular formula is C35H58O5. The van der Waals surface area contributed by atoms with Gasteiger partial charge in [0.05, 0.1) is 24.9 Å². The maximum atomic E-state index is 11.6. The van der Waals surface area contributed by atoms with E-state index in [1.54, 1.807) is 5.57 Å². The van der Waals surface area contributed by atoms with Gasteiger partial charge in [-0.05, 0) is 122 Å². The summed E-state index contributed by atoms with van der Waals surface area (Å²) in [6.07, 6.45) is 13.5. The molecule has 5 heteroatoms. The summed E-state index contributed by atoms with van der Waals surface area (Å²) in [4.78, 5) is 0. The van der Waals surface area contributed by atoms with Crippen LogP contribution in [0.25, 0.3) is 0 Å². The number of allylic oxidation sites excluding steroid dienone is 2. The molecule has 6 aliphatic rings. The zero-order valence-electron chi connectivity index (χ0n) is 26.1. The Balaban J connectivity index is 1.27. The van der Waals surface area contributed by atoms with Crippen molar-refractivity contribution in [2.75, 3.05) is 6.61 Å². The highest BCUT2D eigenvalue weighted by Crippen LogP contribution is 2.71. The van der Waals surface area contributed by atoms with Crippen LogP contribution >= 0.6 is 0 Å². The van der Waals surface area contributed by atoms with Crippen LogP contribution in [0.1, 0.15) is 112 Å². The van der Waals surface area contributed by atoms with E-state index < -0.39 is 12.2 Å². The normalized spacial score (nSPS) is 51.7. The summed E-state index contributed by atoms with van der Waals surface area (Å²) in [5, 5.41) is 41.7. The van der Waals surface area contributed by atoms with Crippen LogP contribution in [0.3, 0.4) is 0 Å². The van der Waals surface area contributed by atoms with Gasteiger partial charge < -0.3 is 25.2 Å². The van der Waals surface area contributed by atoms with Crippen molar-refractivity contribution in [1.29, 1.82) is 0 Å². The molecule has 0 radical (unpaired) electrons. The van der Waals surface area contributed by atoms with Gasteiger partial charge in [0.15, 0.2) is 0 Å². The van der Waals surface area contributed by atoms with Gasteiger partial charge in [0.2, 0.25) is 0 Å². The van der Waals surface area contributed by atoms with E-state index in [-0.39, 0.29) is 36.3 Å². The average molecular weight is 559 g/mol. The predicted octanol–water partition coefficient (Wildman–Crippen LogP) is 5.88. The van der Waals surface area contributed by atoms with Crippen LogP contribution in [0.15, 0.2) is 11.6 Å². The number of epoxide rings is 1. The Bertz CT molecular complexity index is 992. The van der Waals surface area contributed by atoms with Gasteiger partial charge in [-0.25, -0.2) is 0 Å². The third-order valence-electron chi connectivity index (χ3n) is 14.4. The van der Waals surface area contributed by atoms with Crippen molar-refractivity contribution in [2.24, 2.45) is 57.2 Å². The number of hydrogen-bond acceptors (Lipinski definition) is 5. The second-order valence-corrected chi connectivity index (χ2v) is 16.9. The van der Waals surface area contributed by atoms with Crippen LogP contribution in [0, 0.1) is 57.2 Å². The van der Waals surface area contributed by atoms with E-state index in [1.165, 1.54) is 57.8 Å². The summed E-state index contributed by atoms with van der Waals surface area (Å²) in [6, 6.07) is 0. The number of fused-ring (bicyclic) bond motifs is 7. The molecule has 5 aliphatic carbocycles. The molecule has 1 aliphatic heterocycles. The van der Waals surface area contributed by atoms with Crippen molar-refractivity contribution in [3.8, 4) is 0 Å². The summed E-state index contributed by atoms with van der Waals surface area (Å²) >= 11 is 0. The monoisotopic (exact) mass is 558 g/mol. The second kappa shape index (κ2) is 10.0. The lowest BCUT2D eigenvalue weighted by atomic mass is 9.38. The largest absolute Gasteiger partial charge is 0.394 e. The van der Waals surface area contributed by atoms with E-state index in [1.807, 2.05) is 0 Å². The molecule has 0 amide bonds. The van der Waals surface area contributed by atoms with E-state index in [9.17, 15) is 20.4 Å². The molecule has 228 valence electrons. The minimum atomic E-state index is -0.857. The molecule has 6 rings (SSSR count). The molecular weight excluding hydrogens is 500 g/mol. The Kier molecular flexibility index (Phi) is 7.43. The number of hydrogen-bond donors (Lipinski definition) is 4. The highest BCUT2D eigenvalue weighted by Gasteiger charge is 2.63. The first kappa shape index (κ1) is 29.6. The summed E-state index contributed by atoms with van der Waals surface area (Å²) in [7, 11) is 0. The molecule has 1 saturated heterocycles. The van der Waals surface area contributed by atoms with Crippen molar-refractivity contribution in [3.63, 3.8) is 0 Å². The fourth-order valence-corrected chi connectivity index (χ4v) is 11.8. The smallest absolute Gasteiger partial charge is 0.113 e. The van der Waals surface area contributed by atoms with Crippen molar-refractivity contribution in [2.45, 2.75) is 143 Å². The minimum absolute atomic E-state index is 0.0463. The van der Waals surface area contributed by atoms with E-state index in [0.29, 0.717) is 45.8 Å². The summed E-state index contributed by atoms with van der Waals surface area (Å²) in [5.74, 6) is 2.86. The molecule has 5 fully saturated rings. The van der Waals surface area contributed by atoms with Crippen molar-refractivity contribution >= 4 is 0 Å². The van der Waals surface area contributed by atoms with E-state index >= 15 is 0 Å². The SMILES string of the molecule is CC(C(O)CC12CCC3C(=CCC4C3(C)CCC3C(C)C(O)CCC34C)C1CC(C)(C)CC2)C1OC1C(O)CO.